The maximum atomic E-state index is 6.21. The minimum atomic E-state index is 0.625. The Morgan fingerprint density at radius 1 is 0.306 bits per heavy atom. The van der Waals surface area contributed by atoms with Gasteiger partial charge in [0.05, 0.1) is 0 Å². The van der Waals surface area contributed by atoms with Gasteiger partial charge in [0.15, 0.2) is 17.5 Å². The van der Waals surface area contributed by atoms with Crippen molar-refractivity contribution < 1.29 is 4.42 Å². The summed E-state index contributed by atoms with van der Waals surface area (Å²) < 4.78 is 6.21. The zero-order valence-corrected chi connectivity index (χ0v) is 26.5. The molecular weight excluding hydrogens is 599 g/mol. The summed E-state index contributed by atoms with van der Waals surface area (Å²) in [7, 11) is 0. The lowest BCUT2D eigenvalue weighted by Gasteiger charge is -2.13. The molecule has 0 N–H and O–H groups in total. The fourth-order valence-electron chi connectivity index (χ4n) is 6.58. The van der Waals surface area contributed by atoms with Gasteiger partial charge in [-0.3, -0.25) is 0 Å². The highest BCUT2D eigenvalue weighted by molar-refractivity contribution is 6.12. The lowest BCUT2D eigenvalue weighted by molar-refractivity contribution is 0.669. The van der Waals surface area contributed by atoms with E-state index in [4.69, 9.17) is 19.4 Å². The molecule has 0 fully saturated rings. The molecule has 0 spiro atoms. The molecule has 2 aromatic heterocycles. The van der Waals surface area contributed by atoms with Crippen molar-refractivity contribution in [3.63, 3.8) is 0 Å². The van der Waals surface area contributed by atoms with Crippen molar-refractivity contribution in [2.75, 3.05) is 0 Å². The van der Waals surface area contributed by atoms with Crippen molar-refractivity contribution in [1.82, 2.24) is 15.0 Å². The molecule has 0 aliphatic rings. The predicted molar refractivity (Wildman–Crippen MR) is 200 cm³/mol. The number of hydrogen-bond acceptors (Lipinski definition) is 4. The average Bonchev–Trinajstić information content (AvgIpc) is 3.58. The molecule has 0 amide bonds. The third kappa shape index (κ3) is 5.35. The van der Waals surface area contributed by atoms with Crippen LogP contribution in [0.15, 0.2) is 180 Å². The van der Waals surface area contributed by atoms with Gasteiger partial charge < -0.3 is 4.42 Å². The summed E-state index contributed by atoms with van der Waals surface area (Å²) in [6.45, 7) is 0. The Morgan fingerprint density at radius 2 is 0.776 bits per heavy atom. The Kier molecular flexibility index (Phi) is 7.10. The average molecular weight is 628 g/mol. The molecular formula is C45H29N3O. The van der Waals surface area contributed by atoms with Gasteiger partial charge in [-0.15, -0.1) is 0 Å². The van der Waals surface area contributed by atoms with Gasteiger partial charge in [-0.2, -0.15) is 0 Å². The van der Waals surface area contributed by atoms with Crippen LogP contribution in [0.3, 0.4) is 0 Å². The van der Waals surface area contributed by atoms with E-state index in [0.717, 1.165) is 66.4 Å². The van der Waals surface area contributed by atoms with E-state index in [1.54, 1.807) is 0 Å². The van der Waals surface area contributed by atoms with Gasteiger partial charge in [0, 0.05) is 27.5 Å². The summed E-state index contributed by atoms with van der Waals surface area (Å²) in [5.41, 5.74) is 11.3. The quantitative estimate of drug-likeness (QED) is 0.184. The molecule has 0 radical (unpaired) electrons. The predicted octanol–water partition coefficient (Wildman–Crippen LogP) is 11.8. The van der Waals surface area contributed by atoms with Crippen molar-refractivity contribution in [2.45, 2.75) is 0 Å². The smallest absolute Gasteiger partial charge is 0.164 e. The number of aromatic nitrogens is 3. The number of rotatable bonds is 6. The Hall–Kier alpha value is -6.65. The monoisotopic (exact) mass is 627 g/mol. The third-order valence-corrected chi connectivity index (χ3v) is 8.97. The number of nitrogens with zero attached hydrogens (tertiary/aromatic N) is 3. The minimum absolute atomic E-state index is 0.625. The molecule has 0 unspecified atom stereocenters. The highest BCUT2D eigenvalue weighted by atomic mass is 16.3. The first-order chi connectivity index (χ1) is 24.3. The highest BCUT2D eigenvalue weighted by Gasteiger charge is 2.17. The molecule has 7 aromatic carbocycles. The maximum Gasteiger partial charge on any atom is 0.164 e. The van der Waals surface area contributed by atoms with Gasteiger partial charge in [0.2, 0.25) is 0 Å². The van der Waals surface area contributed by atoms with Gasteiger partial charge >= 0.3 is 0 Å². The second-order valence-electron chi connectivity index (χ2n) is 12.0. The van der Waals surface area contributed by atoms with Gasteiger partial charge in [-0.25, -0.2) is 15.0 Å². The molecule has 0 aliphatic carbocycles. The van der Waals surface area contributed by atoms with Crippen molar-refractivity contribution in [3.8, 4) is 67.5 Å². The molecule has 2 heterocycles. The zero-order chi connectivity index (χ0) is 32.6. The van der Waals surface area contributed by atoms with Crippen LogP contribution >= 0.6 is 0 Å². The second kappa shape index (κ2) is 12.2. The van der Waals surface area contributed by atoms with Crippen molar-refractivity contribution in [2.24, 2.45) is 0 Å². The van der Waals surface area contributed by atoms with E-state index in [2.05, 4.69) is 115 Å². The second-order valence-corrected chi connectivity index (χ2v) is 12.0. The topological polar surface area (TPSA) is 51.8 Å². The molecule has 0 bridgehead atoms. The summed E-state index contributed by atoms with van der Waals surface area (Å²) in [5.74, 6) is 1.89. The van der Waals surface area contributed by atoms with Crippen LogP contribution in [0.25, 0.3) is 89.5 Å². The van der Waals surface area contributed by atoms with Crippen LogP contribution in [0, 0.1) is 0 Å². The van der Waals surface area contributed by atoms with Crippen molar-refractivity contribution in [3.05, 3.63) is 176 Å². The fraction of sp³-hybridized carbons (Fsp3) is 0. The standard InChI is InChI=1S/C45H29N3O/c1-3-13-30(14-4-1)31-25-27-33(28-26-31)44-46-43(32-15-5-2-6-16-32)47-45(48-44)38-20-8-7-19-36(38)34-17-11-18-35(29-34)37-22-12-24-41-42(37)39-21-9-10-23-40(39)49-41/h1-29H. The van der Waals surface area contributed by atoms with Crippen LogP contribution in [-0.2, 0) is 0 Å². The number of furan rings is 1. The van der Waals surface area contributed by atoms with E-state index in [1.165, 1.54) is 5.56 Å². The first kappa shape index (κ1) is 28.6. The first-order valence-electron chi connectivity index (χ1n) is 16.4. The molecule has 0 atom stereocenters. The summed E-state index contributed by atoms with van der Waals surface area (Å²) in [4.78, 5) is 15.1. The van der Waals surface area contributed by atoms with E-state index in [1.807, 2.05) is 60.7 Å². The fourth-order valence-corrected chi connectivity index (χ4v) is 6.58. The summed E-state index contributed by atoms with van der Waals surface area (Å²) in [6.07, 6.45) is 0. The normalized spacial score (nSPS) is 11.3. The Morgan fingerprint density at radius 3 is 1.53 bits per heavy atom. The molecule has 0 saturated heterocycles. The van der Waals surface area contributed by atoms with Crippen molar-refractivity contribution >= 4 is 21.9 Å². The van der Waals surface area contributed by atoms with Crippen molar-refractivity contribution in [1.29, 1.82) is 0 Å². The van der Waals surface area contributed by atoms with Gasteiger partial charge in [0.25, 0.3) is 0 Å². The van der Waals surface area contributed by atoms with E-state index < -0.39 is 0 Å². The lowest BCUT2D eigenvalue weighted by Crippen LogP contribution is -2.01. The van der Waals surface area contributed by atoms with Gasteiger partial charge in [0.1, 0.15) is 11.2 Å². The Labute approximate surface area is 284 Å². The highest BCUT2D eigenvalue weighted by Crippen LogP contribution is 2.39. The molecule has 0 aliphatic heterocycles. The van der Waals surface area contributed by atoms with Crippen LogP contribution in [-0.4, -0.2) is 15.0 Å². The first-order valence-corrected chi connectivity index (χ1v) is 16.4. The van der Waals surface area contributed by atoms with Crippen LogP contribution in [0.2, 0.25) is 0 Å². The third-order valence-electron chi connectivity index (χ3n) is 8.97. The van der Waals surface area contributed by atoms with E-state index in [9.17, 15) is 0 Å². The van der Waals surface area contributed by atoms with Gasteiger partial charge in [-0.1, -0.05) is 158 Å². The zero-order valence-electron chi connectivity index (χ0n) is 26.5. The van der Waals surface area contributed by atoms with E-state index in [-0.39, 0.29) is 0 Å². The largest absolute Gasteiger partial charge is 0.456 e. The molecule has 4 heteroatoms. The SMILES string of the molecule is c1ccc(-c2ccc(-c3nc(-c4ccccc4)nc(-c4ccccc4-c4cccc(-c5cccc6oc7ccccc7c56)c4)n3)cc2)cc1. The molecule has 9 aromatic rings. The maximum absolute atomic E-state index is 6.21. The van der Waals surface area contributed by atoms with Crippen LogP contribution < -0.4 is 0 Å². The van der Waals surface area contributed by atoms with E-state index >= 15 is 0 Å². The number of benzene rings is 7. The molecule has 4 nitrogen and oxygen atoms in total. The summed E-state index contributed by atoms with van der Waals surface area (Å²) in [5, 5.41) is 2.23. The summed E-state index contributed by atoms with van der Waals surface area (Å²) >= 11 is 0. The lowest BCUT2D eigenvalue weighted by atomic mass is 9.94. The summed E-state index contributed by atoms with van der Waals surface area (Å²) in [6, 6.07) is 60.4. The molecule has 49 heavy (non-hydrogen) atoms. The Bertz CT molecular complexity index is 2590. The minimum Gasteiger partial charge on any atom is -0.456 e. The van der Waals surface area contributed by atoms with E-state index in [0.29, 0.717) is 17.5 Å². The number of fused-ring (bicyclic) bond motifs is 3. The molecule has 230 valence electrons. The van der Waals surface area contributed by atoms with Crippen LogP contribution in [0.5, 0.6) is 0 Å². The number of para-hydroxylation sites is 1. The molecule has 9 rings (SSSR count). The van der Waals surface area contributed by atoms with Crippen LogP contribution in [0.4, 0.5) is 0 Å². The van der Waals surface area contributed by atoms with Crippen LogP contribution in [0.1, 0.15) is 0 Å². The molecule has 0 saturated carbocycles. The van der Waals surface area contributed by atoms with Gasteiger partial charge in [-0.05, 0) is 51.6 Å². The number of hydrogen-bond donors (Lipinski definition) is 0. The Balaban J connectivity index is 1.17.